The predicted octanol–water partition coefficient (Wildman–Crippen LogP) is 5.69. The van der Waals surface area contributed by atoms with Gasteiger partial charge in [-0.15, -0.1) is 0 Å². The lowest BCUT2D eigenvalue weighted by Crippen LogP contribution is -2.13. The van der Waals surface area contributed by atoms with E-state index in [0.29, 0.717) is 45.4 Å². The van der Waals surface area contributed by atoms with Crippen molar-refractivity contribution >= 4 is 23.0 Å². The van der Waals surface area contributed by atoms with Gasteiger partial charge in [0, 0.05) is 35.9 Å². The maximum absolute atomic E-state index is 10.6. The number of rotatable bonds is 6. The van der Waals surface area contributed by atoms with Crippen LogP contribution < -0.4 is 10.6 Å². The Morgan fingerprint density at radius 2 is 1.08 bits per heavy atom. The van der Waals surface area contributed by atoms with Crippen LogP contribution in [0.1, 0.15) is 11.4 Å². The molecule has 9 nitrogen and oxygen atoms in total. The van der Waals surface area contributed by atoms with Gasteiger partial charge in [0.1, 0.15) is 46.1 Å². The minimum Gasteiger partial charge on any atom is -0.507 e. The van der Waals surface area contributed by atoms with E-state index in [1.54, 1.807) is 85.2 Å². The third-order valence-electron chi connectivity index (χ3n) is 5.51. The Morgan fingerprint density at radius 3 is 1.46 bits per heavy atom. The highest BCUT2D eigenvalue weighted by atomic mass is 16.3. The Morgan fingerprint density at radius 1 is 0.622 bits per heavy atom. The summed E-state index contributed by atoms with van der Waals surface area (Å²) in [5, 5.41) is 43.4. The van der Waals surface area contributed by atoms with Crippen molar-refractivity contribution in [1.29, 1.82) is 10.8 Å². The third-order valence-corrected chi connectivity index (χ3v) is 5.51. The maximum atomic E-state index is 10.6. The molecule has 0 saturated heterocycles. The molecule has 0 spiro atoms. The molecule has 37 heavy (non-hydrogen) atoms. The topological polar surface area (TPSA) is 151 Å². The minimum atomic E-state index is -0.0310. The van der Waals surface area contributed by atoms with Gasteiger partial charge in [-0.1, -0.05) is 12.1 Å². The van der Waals surface area contributed by atoms with Crippen LogP contribution in [-0.4, -0.2) is 31.9 Å². The van der Waals surface area contributed by atoms with Gasteiger partial charge in [-0.05, 0) is 60.7 Å². The van der Waals surface area contributed by atoms with Crippen LogP contribution in [0.2, 0.25) is 0 Å². The van der Waals surface area contributed by atoms with Crippen LogP contribution in [0.4, 0.5) is 11.4 Å². The lowest BCUT2D eigenvalue weighted by molar-refractivity contribution is 0.472. The molecular formula is C28H22N6O3. The number of phenols is 2. The summed E-state index contributed by atoms with van der Waals surface area (Å²) in [5.74, 6) is 0.982. The summed E-state index contributed by atoms with van der Waals surface area (Å²) in [6.45, 7) is 0. The Hall–Kier alpha value is -5.44. The van der Waals surface area contributed by atoms with E-state index in [0.717, 1.165) is 0 Å². The number of aromatic nitrogens is 2. The van der Waals surface area contributed by atoms with E-state index in [4.69, 9.17) is 15.2 Å². The minimum absolute atomic E-state index is 0.0310. The molecule has 0 aliphatic rings. The first kappa shape index (κ1) is 23.3. The second-order valence-electron chi connectivity index (χ2n) is 8.06. The number of nitrogens with zero attached hydrogens (tertiary/aromatic N) is 2. The fourth-order valence-electron chi connectivity index (χ4n) is 3.70. The number of pyridine rings is 2. The largest absolute Gasteiger partial charge is 0.507 e. The highest BCUT2D eigenvalue weighted by Crippen LogP contribution is 2.38. The van der Waals surface area contributed by atoms with E-state index >= 15 is 0 Å². The number of amidine groups is 2. The average molecular weight is 491 g/mol. The average Bonchev–Trinajstić information content (AvgIpc) is 3.39. The van der Waals surface area contributed by atoms with Crippen molar-refractivity contribution in [3.63, 3.8) is 0 Å². The van der Waals surface area contributed by atoms with Gasteiger partial charge in [0.2, 0.25) is 0 Å². The molecule has 3 aromatic heterocycles. The number of anilines is 2. The highest BCUT2D eigenvalue weighted by molar-refractivity contribution is 6.05. The van der Waals surface area contributed by atoms with Gasteiger partial charge in [0.15, 0.2) is 0 Å². The lowest BCUT2D eigenvalue weighted by atomic mass is 10.1. The second kappa shape index (κ2) is 10.0. The predicted molar refractivity (Wildman–Crippen MR) is 142 cm³/mol. The van der Waals surface area contributed by atoms with E-state index in [1.165, 1.54) is 12.1 Å². The molecule has 182 valence electrons. The van der Waals surface area contributed by atoms with Gasteiger partial charge in [0.05, 0.1) is 11.1 Å². The van der Waals surface area contributed by atoms with E-state index < -0.39 is 0 Å². The summed E-state index contributed by atoms with van der Waals surface area (Å²) >= 11 is 0. The molecule has 0 fully saturated rings. The zero-order valence-electron chi connectivity index (χ0n) is 19.4. The Kier molecular flexibility index (Phi) is 6.33. The molecule has 0 radical (unpaired) electrons. The lowest BCUT2D eigenvalue weighted by Gasteiger charge is -2.10. The number of hydrogen-bond acceptors (Lipinski definition) is 7. The number of nitrogens with one attached hydrogen (secondary N) is 4. The molecule has 5 rings (SSSR count). The van der Waals surface area contributed by atoms with E-state index in [2.05, 4.69) is 20.6 Å². The monoisotopic (exact) mass is 490 g/mol. The zero-order valence-corrected chi connectivity index (χ0v) is 19.4. The van der Waals surface area contributed by atoms with E-state index in [-0.39, 0.29) is 23.2 Å². The SMILES string of the molecule is N=C(Nc1ccc(-c2ccc(-c3ccc(NC(=N)c4ccccn4)cc3O)o2)c(O)c1)c1ccccn1. The van der Waals surface area contributed by atoms with Crippen molar-refractivity contribution in [1.82, 2.24) is 9.97 Å². The number of benzene rings is 2. The van der Waals surface area contributed by atoms with Crippen molar-refractivity contribution in [2.45, 2.75) is 0 Å². The molecule has 0 aliphatic carbocycles. The number of furan rings is 1. The zero-order chi connectivity index (χ0) is 25.8. The smallest absolute Gasteiger partial charge is 0.148 e. The van der Waals surface area contributed by atoms with Crippen LogP contribution in [0.15, 0.2) is 102 Å². The molecule has 0 amide bonds. The Labute approximate surface area is 212 Å². The first-order valence-corrected chi connectivity index (χ1v) is 11.3. The first-order valence-electron chi connectivity index (χ1n) is 11.3. The van der Waals surface area contributed by atoms with Gasteiger partial charge in [0.25, 0.3) is 0 Å². The standard InChI is InChI=1S/C28H22N6O3/c29-27(21-5-1-3-13-31-21)33-17-7-9-19(23(35)15-17)25-11-12-26(37-25)20-10-8-18(16-24(20)36)34-28(30)22-6-2-4-14-32-22/h1-16,35-36H,(H2,29,33)(H2,30,34). The fourth-order valence-corrected chi connectivity index (χ4v) is 3.70. The van der Waals surface area contributed by atoms with Crippen LogP contribution in [0, 0.1) is 10.8 Å². The molecule has 9 heteroatoms. The van der Waals surface area contributed by atoms with Crippen LogP contribution in [0.3, 0.4) is 0 Å². The van der Waals surface area contributed by atoms with Crippen molar-refractivity contribution < 1.29 is 14.6 Å². The van der Waals surface area contributed by atoms with Crippen molar-refractivity contribution in [3.8, 4) is 34.1 Å². The fraction of sp³-hybridized carbons (Fsp3) is 0. The summed E-state index contributed by atoms with van der Waals surface area (Å²) in [4.78, 5) is 8.26. The van der Waals surface area contributed by atoms with Crippen LogP contribution in [0.25, 0.3) is 22.6 Å². The summed E-state index contributed by atoms with van der Waals surface area (Å²) in [6.07, 6.45) is 3.21. The Balaban J connectivity index is 1.31. The molecule has 0 atom stereocenters. The highest BCUT2D eigenvalue weighted by Gasteiger charge is 2.15. The van der Waals surface area contributed by atoms with Crippen molar-refractivity contribution in [2.24, 2.45) is 0 Å². The number of phenolic OH excluding ortho intramolecular Hbond substituents is 2. The molecule has 5 aromatic rings. The summed E-state index contributed by atoms with van der Waals surface area (Å²) < 4.78 is 5.93. The second-order valence-corrected chi connectivity index (χ2v) is 8.06. The van der Waals surface area contributed by atoms with Gasteiger partial charge in [-0.2, -0.15) is 0 Å². The third kappa shape index (κ3) is 5.15. The molecule has 6 N–H and O–H groups in total. The number of aromatic hydroxyl groups is 2. The van der Waals surface area contributed by atoms with Crippen LogP contribution >= 0.6 is 0 Å². The quantitative estimate of drug-likeness (QED) is 0.132. The molecule has 0 aliphatic heterocycles. The molecular weight excluding hydrogens is 468 g/mol. The molecule has 2 aromatic carbocycles. The van der Waals surface area contributed by atoms with Crippen LogP contribution in [-0.2, 0) is 0 Å². The van der Waals surface area contributed by atoms with E-state index in [1.807, 2.05) is 0 Å². The number of hydrogen-bond donors (Lipinski definition) is 6. The van der Waals surface area contributed by atoms with E-state index in [9.17, 15) is 10.2 Å². The normalized spacial score (nSPS) is 10.6. The van der Waals surface area contributed by atoms with Gasteiger partial charge >= 0.3 is 0 Å². The van der Waals surface area contributed by atoms with Crippen LogP contribution in [0.5, 0.6) is 11.5 Å². The van der Waals surface area contributed by atoms with Crippen molar-refractivity contribution in [3.05, 3.63) is 109 Å². The maximum Gasteiger partial charge on any atom is 0.148 e. The van der Waals surface area contributed by atoms with Crippen molar-refractivity contribution in [2.75, 3.05) is 10.6 Å². The summed E-state index contributed by atoms with van der Waals surface area (Å²) in [6, 6.07) is 23.8. The molecule has 3 heterocycles. The Bertz CT molecular complexity index is 1470. The summed E-state index contributed by atoms with van der Waals surface area (Å²) in [5.41, 5.74) is 2.94. The van der Waals surface area contributed by atoms with Gasteiger partial charge in [-0.3, -0.25) is 20.8 Å². The van der Waals surface area contributed by atoms with Gasteiger partial charge in [-0.25, -0.2) is 0 Å². The molecule has 0 saturated carbocycles. The summed E-state index contributed by atoms with van der Waals surface area (Å²) in [7, 11) is 0. The molecule has 0 bridgehead atoms. The first-order chi connectivity index (χ1) is 18.0. The van der Waals surface area contributed by atoms with Gasteiger partial charge < -0.3 is 25.3 Å². The molecule has 0 unspecified atom stereocenters.